The Morgan fingerprint density at radius 1 is 1.08 bits per heavy atom. The number of nitrogens with zero attached hydrogens (tertiary/aromatic N) is 4. The quantitative estimate of drug-likeness (QED) is 0.289. The summed E-state index contributed by atoms with van der Waals surface area (Å²) < 4.78 is 14.0. The number of unbranched alkanes of at least 4 members (excludes halogenated alkanes) is 1. The van der Waals surface area contributed by atoms with Crippen molar-refractivity contribution >= 4 is 40.9 Å². The van der Waals surface area contributed by atoms with E-state index < -0.39 is 0 Å². The maximum absolute atomic E-state index is 14.0. The Morgan fingerprint density at radius 3 is 2.06 bits per heavy atom. The number of primary amides is 1. The molecular formula is C36H58FN7O3S. The van der Waals surface area contributed by atoms with E-state index in [2.05, 4.69) is 28.3 Å². The molecule has 1 atom stereocenters. The molecule has 0 saturated carbocycles. The van der Waals surface area contributed by atoms with Gasteiger partial charge in [-0.1, -0.05) is 51.5 Å². The summed E-state index contributed by atoms with van der Waals surface area (Å²) in [5, 5.41) is 9.68. The molecule has 1 saturated heterocycles. The molecule has 1 aliphatic rings. The molecule has 0 spiro atoms. The molecule has 12 heteroatoms. The summed E-state index contributed by atoms with van der Waals surface area (Å²) in [6, 6.07) is 16.1. The van der Waals surface area contributed by atoms with Gasteiger partial charge < -0.3 is 26.6 Å². The maximum atomic E-state index is 14.0. The van der Waals surface area contributed by atoms with Crippen molar-refractivity contribution in [3.8, 4) is 18.4 Å². The third-order valence-electron chi connectivity index (χ3n) is 6.36. The highest BCUT2D eigenvalue weighted by molar-refractivity contribution is 7.99. The van der Waals surface area contributed by atoms with Gasteiger partial charge in [-0.05, 0) is 56.5 Å². The lowest BCUT2D eigenvalue weighted by Crippen LogP contribution is -2.50. The molecule has 1 unspecified atom stereocenters. The van der Waals surface area contributed by atoms with Crippen LogP contribution in [0, 0.1) is 29.5 Å². The molecule has 0 bridgehead atoms. The van der Waals surface area contributed by atoms with Crippen LogP contribution < -0.4 is 26.6 Å². The van der Waals surface area contributed by atoms with Gasteiger partial charge in [0.25, 0.3) is 0 Å². The van der Waals surface area contributed by atoms with Gasteiger partial charge in [-0.15, -0.1) is 24.1 Å². The van der Waals surface area contributed by atoms with E-state index in [1.165, 1.54) is 31.8 Å². The van der Waals surface area contributed by atoms with Crippen LogP contribution in [0.5, 0.6) is 0 Å². The summed E-state index contributed by atoms with van der Waals surface area (Å²) in [5.41, 5.74) is 11.6. The third-order valence-corrected chi connectivity index (χ3v) is 7.31. The van der Waals surface area contributed by atoms with Crippen molar-refractivity contribution in [1.29, 1.82) is 5.26 Å². The summed E-state index contributed by atoms with van der Waals surface area (Å²) in [5.74, 6) is 1.76. The molecule has 48 heavy (non-hydrogen) atoms. The number of para-hydroxylation sites is 1. The van der Waals surface area contributed by atoms with Gasteiger partial charge >= 0.3 is 0 Å². The number of rotatable bonds is 10. The van der Waals surface area contributed by atoms with Crippen molar-refractivity contribution in [2.75, 3.05) is 69.9 Å². The van der Waals surface area contributed by atoms with Gasteiger partial charge in [0.05, 0.1) is 18.3 Å². The zero-order valence-corrected chi connectivity index (χ0v) is 31.2. The van der Waals surface area contributed by atoms with Crippen LogP contribution in [0.25, 0.3) is 0 Å². The maximum Gasteiger partial charge on any atom is 0.240 e. The van der Waals surface area contributed by atoms with E-state index in [-0.39, 0.29) is 28.8 Å². The molecule has 2 aromatic rings. The second-order valence-corrected chi connectivity index (χ2v) is 10.5. The summed E-state index contributed by atoms with van der Waals surface area (Å²) in [7, 11) is 4.88. The molecule has 268 valence electrons. The molecule has 1 heterocycles. The van der Waals surface area contributed by atoms with Crippen LogP contribution in [0.4, 0.5) is 15.8 Å². The van der Waals surface area contributed by atoms with Crippen LogP contribution in [0.2, 0.25) is 0 Å². The van der Waals surface area contributed by atoms with Gasteiger partial charge in [0, 0.05) is 59.3 Å². The largest absolute Gasteiger partial charge is 0.370 e. The molecule has 0 aromatic heterocycles. The Bertz CT molecular complexity index is 1230. The van der Waals surface area contributed by atoms with Gasteiger partial charge in [-0.25, -0.2) is 4.39 Å². The van der Waals surface area contributed by atoms with E-state index in [1.807, 2.05) is 62.3 Å². The summed E-state index contributed by atoms with van der Waals surface area (Å²) >= 11 is 1.46. The lowest BCUT2D eigenvalue weighted by Gasteiger charge is -2.36. The van der Waals surface area contributed by atoms with Crippen molar-refractivity contribution in [3.63, 3.8) is 0 Å². The van der Waals surface area contributed by atoms with Crippen LogP contribution in [-0.2, 0) is 14.4 Å². The van der Waals surface area contributed by atoms with Gasteiger partial charge in [0.2, 0.25) is 17.7 Å². The number of nitriles is 1. The highest BCUT2D eigenvalue weighted by Gasteiger charge is 2.23. The number of halogens is 1. The van der Waals surface area contributed by atoms with Crippen LogP contribution >= 0.6 is 11.8 Å². The number of nitrogens with one attached hydrogen (secondary N) is 1. The topological polar surface area (TPSA) is 149 Å². The Labute approximate surface area is 293 Å². The Hall–Kier alpha value is -4.10. The highest BCUT2D eigenvalue weighted by atomic mass is 32.2. The van der Waals surface area contributed by atoms with E-state index in [1.54, 1.807) is 44.1 Å². The number of hydrogen-bond donors (Lipinski definition) is 3. The van der Waals surface area contributed by atoms with E-state index in [0.717, 1.165) is 24.1 Å². The van der Waals surface area contributed by atoms with Gasteiger partial charge in [-0.3, -0.25) is 19.3 Å². The third kappa shape index (κ3) is 20.2. The Balaban J connectivity index is -0.000000999. The molecule has 1 fully saturated rings. The first-order valence-electron chi connectivity index (χ1n) is 15.9. The van der Waals surface area contributed by atoms with Gasteiger partial charge in [0.15, 0.2) is 0 Å². The average molecular weight is 688 g/mol. The summed E-state index contributed by atoms with van der Waals surface area (Å²) in [6.07, 6.45) is 9.00. The smallest absolute Gasteiger partial charge is 0.240 e. The zero-order chi connectivity index (χ0) is 37.5. The number of amides is 3. The Morgan fingerprint density at radius 2 is 1.62 bits per heavy atom. The monoisotopic (exact) mass is 687 g/mol. The zero-order valence-electron chi connectivity index (χ0n) is 30.4. The minimum atomic E-state index is -0.320. The fraction of sp³-hybridized carbons (Fsp3) is 0.500. The molecule has 3 rings (SSSR count). The molecule has 0 aliphatic carbocycles. The lowest BCUT2D eigenvalue weighted by molar-refractivity contribution is -0.120. The number of thioether (sulfide) groups is 1. The normalized spacial score (nSPS) is 11.8. The number of carbonyl (C=O) groups is 3. The van der Waals surface area contributed by atoms with Crippen molar-refractivity contribution < 1.29 is 18.8 Å². The van der Waals surface area contributed by atoms with E-state index >= 15 is 0 Å². The molecule has 0 radical (unpaired) electrons. The van der Waals surface area contributed by atoms with Gasteiger partial charge in [-0.2, -0.15) is 5.26 Å². The number of hydrogen-bond acceptors (Lipinski definition) is 8. The summed E-state index contributed by atoms with van der Waals surface area (Å²) in [4.78, 5) is 40.7. The first-order valence-corrected chi connectivity index (χ1v) is 17.2. The molecular weight excluding hydrogens is 630 g/mol. The number of piperazine rings is 1. The SMILES string of the molecule is C#CC.CC.CC#N.CCCCC(N)=O.CN.CNC(=O)C(SC)c1cccc(N(C)C(=O)CN2CCN(c3ccccc3F)CC2)c1. The molecule has 5 N–H and O–H groups in total. The highest BCUT2D eigenvalue weighted by Crippen LogP contribution is 2.29. The number of anilines is 2. The fourth-order valence-corrected chi connectivity index (χ4v) is 4.82. The van der Waals surface area contributed by atoms with Gasteiger partial charge in [0.1, 0.15) is 11.1 Å². The minimum Gasteiger partial charge on any atom is -0.370 e. The van der Waals surface area contributed by atoms with Crippen LogP contribution in [0.3, 0.4) is 0 Å². The number of carbonyl (C=O) groups excluding carboxylic acids is 3. The van der Waals surface area contributed by atoms with Crippen LogP contribution in [0.1, 0.15) is 64.7 Å². The Kier molecular flexibility index (Phi) is 31.7. The van der Waals surface area contributed by atoms with Crippen molar-refractivity contribution in [1.82, 2.24) is 10.2 Å². The first-order chi connectivity index (χ1) is 23.0. The van der Waals surface area contributed by atoms with E-state index in [0.29, 0.717) is 44.8 Å². The number of benzene rings is 2. The lowest BCUT2D eigenvalue weighted by atomic mass is 10.1. The number of terminal acetylenes is 1. The van der Waals surface area contributed by atoms with Crippen LogP contribution in [-0.4, -0.2) is 82.7 Å². The molecule has 1 aliphatic heterocycles. The fourth-order valence-electron chi connectivity index (χ4n) is 4.07. The van der Waals surface area contributed by atoms with Crippen LogP contribution in [0.15, 0.2) is 48.5 Å². The number of likely N-dealkylation sites (N-methyl/N-ethyl adjacent to an activating group) is 2. The standard InChI is InChI=1S/C23H29FN4O2S.C5H11NO.C3H4.C2H3N.C2H6.CH5N/c1-25-23(30)22(31-3)17-7-6-8-18(15-17)26(2)21(29)16-27-11-13-28(14-12-27)20-10-5-4-9-19(20)24;1-2-3-4-5(6)7;1-3-2;1-2-3;2*1-2/h4-10,15,22H,11-14,16H2,1-3H3,(H,25,30);2-4H2,1H3,(H2,6,7);1H,2H3;1H3;1-2H3;2H2,1H3. The summed E-state index contributed by atoms with van der Waals surface area (Å²) in [6.45, 7) is 12.2. The molecule has 2 aromatic carbocycles. The average Bonchev–Trinajstić information content (AvgIpc) is 3.10. The van der Waals surface area contributed by atoms with E-state index in [4.69, 9.17) is 11.0 Å². The second-order valence-electron chi connectivity index (χ2n) is 9.57. The van der Waals surface area contributed by atoms with Crippen molar-refractivity contribution in [2.24, 2.45) is 11.5 Å². The van der Waals surface area contributed by atoms with Crippen molar-refractivity contribution in [2.45, 2.75) is 59.1 Å². The minimum absolute atomic E-state index is 0.0165. The second kappa shape index (κ2) is 31.5. The van der Waals surface area contributed by atoms with E-state index in [9.17, 15) is 18.8 Å². The predicted octanol–water partition coefficient (Wildman–Crippen LogP) is 5.19. The molecule has 10 nitrogen and oxygen atoms in total. The van der Waals surface area contributed by atoms with Crippen molar-refractivity contribution in [3.05, 3.63) is 59.9 Å². The first kappa shape index (κ1) is 48.3. The number of nitrogens with two attached hydrogens (primary N) is 2. The predicted molar refractivity (Wildman–Crippen MR) is 201 cm³/mol. The molecule has 3 amide bonds.